The van der Waals surface area contributed by atoms with E-state index in [-0.39, 0.29) is 24.4 Å². The van der Waals surface area contributed by atoms with Crippen molar-refractivity contribution in [2.45, 2.75) is 12.5 Å². The molecule has 4 rings (SSSR count). The number of nitrogens with one attached hydrogen (secondary N) is 1. The lowest BCUT2D eigenvalue weighted by atomic mass is 10.1. The third kappa shape index (κ3) is 3.43. The number of imide groups is 1. The van der Waals surface area contributed by atoms with Gasteiger partial charge in [0.2, 0.25) is 0 Å². The molecular weight excluding hydrogens is 380 g/mol. The van der Waals surface area contributed by atoms with Gasteiger partial charge in [0.25, 0.3) is 17.5 Å². The zero-order chi connectivity index (χ0) is 20.5. The normalized spacial score (nSPS) is 19.4. The first kappa shape index (κ1) is 18.3. The number of non-ortho nitro benzene ring substituents is 1. The number of hydrogen-bond acceptors (Lipinski definition) is 8. The van der Waals surface area contributed by atoms with Crippen molar-refractivity contribution in [1.82, 2.24) is 4.90 Å². The smallest absolute Gasteiger partial charge is 0.354 e. The van der Waals surface area contributed by atoms with Gasteiger partial charge in [-0.15, -0.1) is 0 Å². The molecule has 2 aliphatic heterocycles. The molecule has 1 N–H and O–H groups in total. The lowest BCUT2D eigenvalue weighted by Crippen LogP contribution is -2.36. The predicted molar refractivity (Wildman–Crippen MR) is 100 cm³/mol. The lowest BCUT2D eigenvalue weighted by molar-refractivity contribution is -0.384. The molecule has 2 aromatic carbocycles. The van der Waals surface area contributed by atoms with E-state index >= 15 is 0 Å². The van der Waals surface area contributed by atoms with Gasteiger partial charge in [0.05, 0.1) is 28.3 Å². The zero-order valence-electron chi connectivity index (χ0n) is 14.9. The van der Waals surface area contributed by atoms with E-state index in [0.717, 1.165) is 4.90 Å². The first-order valence-corrected chi connectivity index (χ1v) is 8.67. The van der Waals surface area contributed by atoms with Crippen LogP contribution in [0.2, 0.25) is 0 Å². The Balaban J connectivity index is 1.41. The quantitative estimate of drug-likeness (QED) is 0.355. The van der Waals surface area contributed by atoms with E-state index in [4.69, 9.17) is 4.74 Å². The fourth-order valence-corrected chi connectivity index (χ4v) is 3.15. The first-order chi connectivity index (χ1) is 13.9. The van der Waals surface area contributed by atoms with Crippen LogP contribution in [0.4, 0.5) is 11.4 Å². The highest BCUT2D eigenvalue weighted by Crippen LogP contribution is 2.25. The fourth-order valence-electron chi connectivity index (χ4n) is 3.15. The second kappa shape index (κ2) is 7.15. The molecular formula is C19H14N4O6. The SMILES string of the molecule is O=C1OC(CN2C(=O)c3ccccc3C2=O)C/C1=N/Nc1ccc([N+](=O)[O-])cc1. The minimum atomic E-state index is -0.692. The van der Waals surface area contributed by atoms with Crippen LogP contribution in [0.5, 0.6) is 0 Å². The van der Waals surface area contributed by atoms with Gasteiger partial charge in [0.1, 0.15) is 11.8 Å². The van der Waals surface area contributed by atoms with Crippen LogP contribution >= 0.6 is 0 Å². The largest absolute Gasteiger partial charge is 0.456 e. The molecule has 0 spiro atoms. The maximum atomic E-state index is 12.4. The molecule has 2 aliphatic rings. The van der Waals surface area contributed by atoms with E-state index in [9.17, 15) is 24.5 Å². The Labute approximate surface area is 163 Å². The van der Waals surface area contributed by atoms with Crippen molar-refractivity contribution in [3.63, 3.8) is 0 Å². The van der Waals surface area contributed by atoms with Crippen LogP contribution in [0.3, 0.4) is 0 Å². The number of cyclic esters (lactones) is 1. The zero-order valence-corrected chi connectivity index (χ0v) is 14.9. The number of fused-ring (bicyclic) bond motifs is 1. The van der Waals surface area contributed by atoms with Crippen molar-refractivity contribution in [1.29, 1.82) is 0 Å². The molecule has 1 unspecified atom stereocenters. The molecule has 0 radical (unpaired) electrons. The number of esters is 1. The Morgan fingerprint density at radius 2 is 1.69 bits per heavy atom. The van der Waals surface area contributed by atoms with E-state index in [1.165, 1.54) is 24.3 Å². The summed E-state index contributed by atoms with van der Waals surface area (Å²) in [5.74, 6) is -1.49. The standard InChI is InChI=1S/C19H14N4O6/c24-17-14-3-1-2-4-15(14)18(25)22(17)10-13-9-16(19(26)29-13)21-20-11-5-7-12(8-6-11)23(27)28/h1-8,13,20H,9-10H2/b21-16-. The number of rotatable bonds is 5. The average Bonchev–Trinajstić information content (AvgIpc) is 3.19. The molecule has 1 fully saturated rings. The summed E-state index contributed by atoms with van der Waals surface area (Å²) < 4.78 is 5.23. The van der Waals surface area contributed by atoms with Gasteiger partial charge in [-0.1, -0.05) is 12.1 Å². The van der Waals surface area contributed by atoms with Gasteiger partial charge in [-0.25, -0.2) is 4.79 Å². The maximum Gasteiger partial charge on any atom is 0.354 e. The lowest BCUT2D eigenvalue weighted by Gasteiger charge is -2.17. The number of nitro groups is 1. The molecule has 0 bridgehead atoms. The van der Waals surface area contributed by atoms with Crippen LogP contribution in [-0.4, -0.2) is 46.0 Å². The average molecular weight is 394 g/mol. The third-order valence-corrected chi connectivity index (χ3v) is 4.59. The molecule has 2 aromatic rings. The summed E-state index contributed by atoms with van der Waals surface area (Å²) in [7, 11) is 0. The van der Waals surface area contributed by atoms with Crippen molar-refractivity contribution in [3.8, 4) is 0 Å². The molecule has 2 heterocycles. The number of nitrogens with zero attached hydrogens (tertiary/aromatic N) is 3. The fraction of sp³-hybridized carbons (Fsp3) is 0.158. The van der Waals surface area contributed by atoms with E-state index in [1.807, 2.05) is 0 Å². The first-order valence-electron chi connectivity index (χ1n) is 8.67. The van der Waals surface area contributed by atoms with Gasteiger partial charge in [-0.2, -0.15) is 5.10 Å². The van der Waals surface area contributed by atoms with E-state index < -0.39 is 28.8 Å². The number of nitro benzene ring substituents is 1. The minimum absolute atomic E-state index is 0.0609. The Morgan fingerprint density at radius 1 is 1.07 bits per heavy atom. The van der Waals surface area contributed by atoms with Crippen molar-refractivity contribution in [2.24, 2.45) is 5.10 Å². The van der Waals surface area contributed by atoms with E-state index in [1.54, 1.807) is 24.3 Å². The van der Waals surface area contributed by atoms with E-state index in [2.05, 4.69) is 10.5 Å². The van der Waals surface area contributed by atoms with Crippen molar-refractivity contribution >= 4 is 34.9 Å². The summed E-state index contributed by atoms with van der Waals surface area (Å²) in [6.07, 6.45) is -0.575. The van der Waals surface area contributed by atoms with Crippen molar-refractivity contribution in [3.05, 3.63) is 69.8 Å². The van der Waals surface area contributed by atoms with Crippen LogP contribution in [0, 0.1) is 10.1 Å². The van der Waals surface area contributed by atoms with Crippen molar-refractivity contribution in [2.75, 3.05) is 12.0 Å². The Bertz CT molecular complexity index is 1030. The van der Waals surface area contributed by atoms with Gasteiger partial charge in [0, 0.05) is 18.6 Å². The van der Waals surface area contributed by atoms with Crippen LogP contribution in [-0.2, 0) is 9.53 Å². The van der Waals surface area contributed by atoms with E-state index in [0.29, 0.717) is 16.8 Å². The van der Waals surface area contributed by atoms with Gasteiger partial charge >= 0.3 is 5.97 Å². The number of ether oxygens (including phenoxy) is 1. The summed E-state index contributed by atoms with van der Waals surface area (Å²) in [5.41, 5.74) is 3.80. The number of benzene rings is 2. The third-order valence-electron chi connectivity index (χ3n) is 4.59. The molecule has 10 nitrogen and oxygen atoms in total. The molecule has 1 saturated heterocycles. The number of amides is 2. The Kier molecular flexibility index (Phi) is 4.51. The summed E-state index contributed by atoms with van der Waals surface area (Å²) >= 11 is 0. The van der Waals surface area contributed by atoms with Gasteiger partial charge < -0.3 is 4.74 Å². The topological polar surface area (TPSA) is 131 Å². The highest BCUT2D eigenvalue weighted by atomic mass is 16.6. The number of hydrogen-bond donors (Lipinski definition) is 1. The number of hydrazone groups is 1. The molecule has 10 heteroatoms. The number of carbonyl (C=O) groups is 3. The minimum Gasteiger partial charge on any atom is -0.456 e. The summed E-state index contributed by atoms with van der Waals surface area (Å²) in [4.78, 5) is 48.1. The summed E-state index contributed by atoms with van der Waals surface area (Å²) in [5, 5.41) is 14.6. The summed E-state index contributed by atoms with van der Waals surface area (Å²) in [6, 6.07) is 12.0. The molecule has 29 heavy (non-hydrogen) atoms. The van der Waals surface area contributed by atoms with Crippen LogP contribution < -0.4 is 5.43 Å². The molecule has 146 valence electrons. The van der Waals surface area contributed by atoms with Crippen LogP contribution in [0.15, 0.2) is 53.6 Å². The number of carbonyl (C=O) groups excluding carboxylic acids is 3. The Morgan fingerprint density at radius 3 is 2.28 bits per heavy atom. The second-order valence-corrected chi connectivity index (χ2v) is 6.47. The van der Waals surface area contributed by atoms with Crippen molar-refractivity contribution < 1.29 is 24.0 Å². The van der Waals surface area contributed by atoms with Gasteiger partial charge in [-0.05, 0) is 24.3 Å². The molecule has 2 amide bonds. The number of anilines is 1. The van der Waals surface area contributed by atoms with Crippen LogP contribution in [0.25, 0.3) is 0 Å². The van der Waals surface area contributed by atoms with Gasteiger partial charge in [0.15, 0.2) is 0 Å². The molecule has 1 atom stereocenters. The highest BCUT2D eigenvalue weighted by molar-refractivity contribution is 6.38. The Hall–Kier alpha value is -4.08. The molecule has 0 aromatic heterocycles. The van der Waals surface area contributed by atoms with Gasteiger partial charge in [-0.3, -0.25) is 30.0 Å². The monoisotopic (exact) mass is 394 g/mol. The molecule has 0 aliphatic carbocycles. The molecule has 0 saturated carbocycles. The highest BCUT2D eigenvalue weighted by Gasteiger charge is 2.40. The summed E-state index contributed by atoms with van der Waals surface area (Å²) in [6.45, 7) is -0.0609. The predicted octanol–water partition coefficient (Wildman–Crippen LogP) is 1.97. The second-order valence-electron chi connectivity index (χ2n) is 6.47. The van der Waals surface area contributed by atoms with Crippen LogP contribution in [0.1, 0.15) is 27.1 Å². The maximum absolute atomic E-state index is 12.4.